The van der Waals surface area contributed by atoms with Crippen molar-refractivity contribution in [1.29, 1.82) is 0 Å². The van der Waals surface area contributed by atoms with Gasteiger partial charge in [0.05, 0.1) is 29.5 Å². The van der Waals surface area contributed by atoms with Crippen molar-refractivity contribution in [3.63, 3.8) is 0 Å². The maximum Gasteiger partial charge on any atom is 0.338 e. The van der Waals surface area contributed by atoms with E-state index in [-0.39, 0.29) is 12.2 Å². The molecule has 0 radical (unpaired) electrons. The number of ether oxygens (including phenoxy) is 2. The SMILES string of the molecule is CCOC(=O)C1=C(C)N=c2s/c(=C\c3ccc(-c4ccc(Br)cc4)o3)c(=O)n2[C@H]1c1ccccc1OC. The molecule has 0 spiro atoms. The van der Waals surface area contributed by atoms with Crippen LogP contribution in [0.5, 0.6) is 5.75 Å². The fraction of sp³-hybridized carbons (Fsp3) is 0.179. The van der Waals surface area contributed by atoms with Gasteiger partial charge in [-0.15, -0.1) is 0 Å². The Balaban J connectivity index is 1.66. The minimum atomic E-state index is -0.747. The van der Waals surface area contributed by atoms with Crippen LogP contribution in [0.3, 0.4) is 0 Å². The van der Waals surface area contributed by atoms with Gasteiger partial charge in [0.25, 0.3) is 5.56 Å². The summed E-state index contributed by atoms with van der Waals surface area (Å²) in [5, 5.41) is 0. The number of nitrogens with zero attached hydrogens (tertiary/aromatic N) is 2. The predicted octanol–water partition coefficient (Wildman–Crippen LogP) is 4.83. The number of hydrogen-bond donors (Lipinski definition) is 0. The quantitative estimate of drug-likeness (QED) is 0.306. The lowest BCUT2D eigenvalue weighted by Gasteiger charge is -2.25. The number of benzene rings is 2. The van der Waals surface area contributed by atoms with Crippen LogP contribution in [0.1, 0.15) is 31.2 Å². The number of furan rings is 1. The smallest absolute Gasteiger partial charge is 0.338 e. The minimum Gasteiger partial charge on any atom is -0.496 e. The lowest BCUT2D eigenvalue weighted by molar-refractivity contribution is -0.139. The van der Waals surface area contributed by atoms with Crippen molar-refractivity contribution in [2.45, 2.75) is 19.9 Å². The molecule has 1 atom stereocenters. The summed E-state index contributed by atoms with van der Waals surface area (Å²) in [5.74, 6) is 1.28. The molecule has 4 aromatic rings. The minimum absolute atomic E-state index is 0.206. The van der Waals surface area contributed by atoms with E-state index in [0.717, 1.165) is 10.0 Å². The van der Waals surface area contributed by atoms with Crippen molar-refractivity contribution in [2.24, 2.45) is 4.99 Å². The number of hydrogen-bond acceptors (Lipinski definition) is 7. The lowest BCUT2D eigenvalue weighted by atomic mass is 9.95. The summed E-state index contributed by atoms with van der Waals surface area (Å²) in [6, 6.07) is 18.1. The van der Waals surface area contributed by atoms with Gasteiger partial charge in [-0.25, -0.2) is 9.79 Å². The third-order valence-corrected chi connectivity index (χ3v) is 7.49. The predicted molar refractivity (Wildman–Crippen MR) is 145 cm³/mol. The highest BCUT2D eigenvalue weighted by molar-refractivity contribution is 9.10. The number of carbonyl (C=O) groups excluding carboxylic acids is 1. The molecule has 5 rings (SSSR count). The normalized spacial score (nSPS) is 15.4. The molecule has 2 aromatic carbocycles. The Labute approximate surface area is 225 Å². The molecule has 0 saturated heterocycles. The molecule has 3 heterocycles. The number of rotatable bonds is 6. The largest absolute Gasteiger partial charge is 0.496 e. The third-order valence-electron chi connectivity index (χ3n) is 5.98. The molecule has 9 heteroatoms. The van der Waals surface area contributed by atoms with E-state index >= 15 is 0 Å². The van der Waals surface area contributed by atoms with Gasteiger partial charge in [0.1, 0.15) is 23.3 Å². The average Bonchev–Trinajstić information content (AvgIpc) is 3.48. The number of thiazole rings is 1. The van der Waals surface area contributed by atoms with E-state index in [9.17, 15) is 9.59 Å². The molecule has 7 nitrogen and oxygen atoms in total. The number of methoxy groups -OCH3 is 1. The van der Waals surface area contributed by atoms with Gasteiger partial charge in [-0.1, -0.05) is 57.6 Å². The maximum atomic E-state index is 13.8. The van der Waals surface area contributed by atoms with Crippen molar-refractivity contribution < 1.29 is 18.7 Å². The number of fused-ring (bicyclic) bond motifs is 1. The molecular formula is C28H23BrN2O5S. The van der Waals surface area contributed by atoms with Gasteiger partial charge in [-0.3, -0.25) is 9.36 Å². The molecule has 1 aliphatic rings. The third kappa shape index (κ3) is 4.72. The Morgan fingerprint density at radius 3 is 2.65 bits per heavy atom. The second-order valence-corrected chi connectivity index (χ2v) is 10.2. The molecule has 188 valence electrons. The van der Waals surface area contributed by atoms with E-state index in [2.05, 4.69) is 20.9 Å². The highest BCUT2D eigenvalue weighted by atomic mass is 79.9. The van der Waals surface area contributed by atoms with Gasteiger partial charge in [-0.05, 0) is 44.2 Å². The molecule has 0 aliphatic carbocycles. The molecule has 37 heavy (non-hydrogen) atoms. The summed E-state index contributed by atoms with van der Waals surface area (Å²) < 4.78 is 19.9. The van der Waals surface area contributed by atoms with Crippen LogP contribution in [0.15, 0.2) is 90.6 Å². The van der Waals surface area contributed by atoms with Crippen LogP contribution in [0.2, 0.25) is 0 Å². The van der Waals surface area contributed by atoms with Crippen molar-refractivity contribution >= 4 is 39.3 Å². The highest BCUT2D eigenvalue weighted by Gasteiger charge is 2.34. The van der Waals surface area contributed by atoms with Crippen molar-refractivity contribution in [3.05, 3.63) is 107 Å². The van der Waals surface area contributed by atoms with Crippen molar-refractivity contribution in [2.75, 3.05) is 13.7 Å². The van der Waals surface area contributed by atoms with Crippen LogP contribution in [0.4, 0.5) is 0 Å². The Morgan fingerprint density at radius 1 is 1.16 bits per heavy atom. The van der Waals surface area contributed by atoms with Crippen LogP contribution in [-0.4, -0.2) is 24.3 Å². The molecule has 0 bridgehead atoms. The summed E-state index contributed by atoms with van der Waals surface area (Å²) in [4.78, 5) is 31.9. The first-order valence-electron chi connectivity index (χ1n) is 11.6. The zero-order valence-electron chi connectivity index (χ0n) is 20.4. The van der Waals surface area contributed by atoms with Crippen LogP contribution in [-0.2, 0) is 9.53 Å². The zero-order chi connectivity index (χ0) is 26.1. The molecule has 0 fully saturated rings. The van der Waals surface area contributed by atoms with E-state index in [1.807, 2.05) is 54.6 Å². The van der Waals surface area contributed by atoms with Gasteiger partial charge < -0.3 is 13.9 Å². The van der Waals surface area contributed by atoms with Gasteiger partial charge in [-0.2, -0.15) is 0 Å². The summed E-state index contributed by atoms with van der Waals surface area (Å²) >= 11 is 4.68. The Hall–Kier alpha value is -3.69. The summed E-state index contributed by atoms with van der Waals surface area (Å²) in [6.07, 6.45) is 1.70. The van der Waals surface area contributed by atoms with E-state index in [1.54, 1.807) is 33.1 Å². The highest BCUT2D eigenvalue weighted by Crippen LogP contribution is 2.35. The van der Waals surface area contributed by atoms with Crippen LogP contribution in [0.25, 0.3) is 17.4 Å². The van der Waals surface area contributed by atoms with Gasteiger partial charge in [0.2, 0.25) is 0 Å². The number of halogens is 1. The Kier molecular flexibility index (Phi) is 6.99. The Bertz CT molecular complexity index is 1700. The molecule has 1 aliphatic heterocycles. The van der Waals surface area contributed by atoms with E-state index < -0.39 is 12.0 Å². The zero-order valence-corrected chi connectivity index (χ0v) is 22.8. The first kappa shape index (κ1) is 25.0. The number of para-hydroxylation sites is 1. The number of esters is 1. The molecule has 0 saturated carbocycles. The number of aromatic nitrogens is 1. The second kappa shape index (κ2) is 10.4. The fourth-order valence-electron chi connectivity index (χ4n) is 4.31. The van der Waals surface area contributed by atoms with Crippen molar-refractivity contribution in [1.82, 2.24) is 4.57 Å². The average molecular weight is 579 g/mol. The standard InChI is InChI=1S/C28H23BrN2O5S/c1-4-35-27(33)24-16(2)30-28-31(25(24)20-7-5-6-8-22(20)34-3)26(32)23(37-28)15-19-13-14-21(36-19)17-9-11-18(29)12-10-17/h5-15,25H,4H2,1-3H3/b23-15-/t25-/m0/s1. The number of allylic oxidation sites excluding steroid dienone is 1. The topological polar surface area (TPSA) is 83.0 Å². The van der Waals surface area contributed by atoms with Crippen LogP contribution < -0.4 is 19.6 Å². The van der Waals surface area contributed by atoms with Gasteiger partial charge in [0, 0.05) is 21.7 Å². The lowest BCUT2D eigenvalue weighted by Crippen LogP contribution is -2.40. The number of carbonyl (C=O) groups is 1. The molecule has 0 N–H and O–H groups in total. The summed E-state index contributed by atoms with van der Waals surface area (Å²) in [5.41, 5.74) is 2.12. The Morgan fingerprint density at radius 2 is 1.92 bits per heavy atom. The van der Waals surface area contributed by atoms with Gasteiger partial charge >= 0.3 is 5.97 Å². The van der Waals surface area contributed by atoms with E-state index in [4.69, 9.17) is 13.9 Å². The maximum absolute atomic E-state index is 13.8. The summed E-state index contributed by atoms with van der Waals surface area (Å²) in [6.45, 7) is 3.70. The van der Waals surface area contributed by atoms with Gasteiger partial charge in [0.15, 0.2) is 4.80 Å². The monoisotopic (exact) mass is 578 g/mol. The molecule has 2 aromatic heterocycles. The molecule has 0 amide bonds. The van der Waals surface area contributed by atoms with Crippen molar-refractivity contribution in [3.8, 4) is 17.1 Å². The first-order valence-corrected chi connectivity index (χ1v) is 13.2. The van der Waals surface area contributed by atoms with Crippen LogP contribution >= 0.6 is 27.3 Å². The first-order chi connectivity index (χ1) is 17.9. The van der Waals surface area contributed by atoms with E-state index in [1.165, 1.54) is 15.9 Å². The fourth-order valence-corrected chi connectivity index (χ4v) is 5.60. The molecular weight excluding hydrogens is 556 g/mol. The summed E-state index contributed by atoms with van der Waals surface area (Å²) in [7, 11) is 1.56. The molecule has 0 unspecified atom stereocenters. The van der Waals surface area contributed by atoms with E-state index in [0.29, 0.717) is 43.4 Å². The van der Waals surface area contributed by atoms with Crippen LogP contribution in [0, 0.1) is 0 Å². The second-order valence-electron chi connectivity index (χ2n) is 8.25.